The first-order valence-electron chi connectivity index (χ1n) is 8.97. The number of thiophene rings is 1. The lowest BCUT2D eigenvalue weighted by Gasteiger charge is -2.14. The Kier molecular flexibility index (Phi) is 4.63. The van der Waals surface area contributed by atoms with Crippen LogP contribution in [0.25, 0.3) is 0 Å². The highest BCUT2D eigenvalue weighted by atomic mass is 32.1. The van der Waals surface area contributed by atoms with Crippen molar-refractivity contribution in [2.24, 2.45) is 5.10 Å². The first-order valence-corrected chi connectivity index (χ1v) is 9.85. The molecule has 0 atom stereocenters. The Morgan fingerprint density at radius 3 is 2.77 bits per heavy atom. The topological polar surface area (TPSA) is 74.9 Å². The quantitative estimate of drug-likeness (QED) is 0.841. The van der Waals surface area contributed by atoms with Crippen molar-refractivity contribution in [1.82, 2.24) is 10.3 Å². The monoisotopic (exact) mass is 371 g/mol. The Hall–Kier alpha value is -2.41. The molecule has 1 aliphatic carbocycles. The Bertz CT molecular complexity index is 861. The number of rotatable bonds is 3. The molecule has 1 aliphatic heterocycles. The third-order valence-electron chi connectivity index (χ3n) is 4.95. The summed E-state index contributed by atoms with van der Waals surface area (Å²) in [6.45, 7) is 3.50. The van der Waals surface area contributed by atoms with E-state index in [1.54, 1.807) is 6.07 Å². The summed E-state index contributed by atoms with van der Waals surface area (Å²) >= 11 is 1.38. The van der Waals surface area contributed by atoms with Crippen LogP contribution in [0.3, 0.4) is 0 Å². The van der Waals surface area contributed by atoms with Crippen LogP contribution in [0.2, 0.25) is 0 Å². The Labute approximate surface area is 155 Å². The van der Waals surface area contributed by atoms with Crippen LogP contribution in [0.5, 0.6) is 0 Å². The van der Waals surface area contributed by atoms with Gasteiger partial charge in [-0.25, -0.2) is 5.43 Å². The van der Waals surface area contributed by atoms with E-state index >= 15 is 0 Å². The number of hydrogen-bond donors (Lipinski definition) is 1. The van der Waals surface area contributed by atoms with E-state index in [2.05, 4.69) is 10.5 Å². The van der Waals surface area contributed by atoms with Gasteiger partial charge >= 0.3 is 0 Å². The normalized spacial score (nSPS) is 18.2. The molecule has 3 heterocycles. The van der Waals surface area contributed by atoms with E-state index in [1.165, 1.54) is 11.3 Å². The van der Waals surface area contributed by atoms with E-state index in [9.17, 15) is 9.59 Å². The summed E-state index contributed by atoms with van der Waals surface area (Å²) in [6, 6.07) is 3.60. The fourth-order valence-corrected chi connectivity index (χ4v) is 4.24. The van der Waals surface area contributed by atoms with Crippen molar-refractivity contribution in [3.63, 3.8) is 0 Å². The van der Waals surface area contributed by atoms with Gasteiger partial charge in [-0.15, -0.1) is 11.3 Å². The second kappa shape index (κ2) is 7.07. The molecule has 1 fully saturated rings. The third-order valence-corrected chi connectivity index (χ3v) is 5.82. The van der Waals surface area contributed by atoms with Crippen molar-refractivity contribution in [3.05, 3.63) is 45.0 Å². The lowest BCUT2D eigenvalue weighted by molar-refractivity contribution is 0.0758. The van der Waals surface area contributed by atoms with Gasteiger partial charge in [-0.2, -0.15) is 5.10 Å². The average Bonchev–Trinajstić information content (AvgIpc) is 3.40. The Morgan fingerprint density at radius 2 is 2.04 bits per heavy atom. The van der Waals surface area contributed by atoms with Crippen molar-refractivity contribution in [2.75, 3.05) is 13.1 Å². The molecule has 0 spiro atoms. The lowest BCUT2D eigenvalue weighted by atomic mass is 9.93. The summed E-state index contributed by atoms with van der Waals surface area (Å²) in [7, 11) is 0. The number of furan rings is 1. The number of likely N-dealkylation sites (tertiary alicyclic amines) is 1. The van der Waals surface area contributed by atoms with Gasteiger partial charge in [0, 0.05) is 30.6 Å². The molecule has 0 aromatic carbocycles. The SMILES string of the molecule is Cc1c(C(=O)N2CCCC2)oc2c1/C(=N/NC(=O)c1cccs1)CCC2. The highest BCUT2D eigenvalue weighted by Crippen LogP contribution is 2.31. The second-order valence-electron chi connectivity index (χ2n) is 6.68. The van der Waals surface area contributed by atoms with E-state index in [0.717, 1.165) is 67.8 Å². The van der Waals surface area contributed by atoms with E-state index in [-0.39, 0.29) is 11.8 Å². The minimum atomic E-state index is -0.214. The minimum Gasteiger partial charge on any atom is -0.455 e. The molecular formula is C19H21N3O3S. The van der Waals surface area contributed by atoms with Crippen molar-refractivity contribution < 1.29 is 14.0 Å². The van der Waals surface area contributed by atoms with Gasteiger partial charge in [0.15, 0.2) is 5.76 Å². The predicted molar refractivity (Wildman–Crippen MR) is 99.8 cm³/mol. The molecule has 0 unspecified atom stereocenters. The zero-order valence-electron chi connectivity index (χ0n) is 14.7. The summed E-state index contributed by atoms with van der Waals surface area (Å²) in [5.41, 5.74) is 5.16. The first-order chi connectivity index (χ1) is 12.6. The van der Waals surface area contributed by atoms with Gasteiger partial charge in [-0.05, 0) is 44.1 Å². The summed E-state index contributed by atoms with van der Waals surface area (Å²) in [5, 5.41) is 6.21. The van der Waals surface area contributed by atoms with Crippen LogP contribution >= 0.6 is 11.3 Å². The highest BCUT2D eigenvalue weighted by molar-refractivity contribution is 7.12. The van der Waals surface area contributed by atoms with Gasteiger partial charge in [0.1, 0.15) is 5.76 Å². The maximum Gasteiger partial charge on any atom is 0.289 e. The smallest absolute Gasteiger partial charge is 0.289 e. The molecule has 4 rings (SSSR count). The summed E-state index contributed by atoms with van der Waals surface area (Å²) in [5.74, 6) is 0.988. The van der Waals surface area contributed by atoms with Gasteiger partial charge in [-0.3, -0.25) is 9.59 Å². The number of hydrogen-bond acceptors (Lipinski definition) is 5. The molecule has 26 heavy (non-hydrogen) atoms. The van der Waals surface area contributed by atoms with Crippen LogP contribution < -0.4 is 5.43 Å². The number of nitrogens with one attached hydrogen (secondary N) is 1. The molecule has 7 heteroatoms. The molecule has 1 N–H and O–H groups in total. The van der Waals surface area contributed by atoms with Crippen molar-refractivity contribution in [2.45, 2.75) is 39.0 Å². The van der Waals surface area contributed by atoms with Gasteiger partial charge in [0.2, 0.25) is 0 Å². The van der Waals surface area contributed by atoms with E-state index in [4.69, 9.17) is 4.42 Å². The third kappa shape index (κ3) is 3.07. The highest BCUT2D eigenvalue weighted by Gasteiger charge is 2.31. The van der Waals surface area contributed by atoms with Gasteiger partial charge in [-0.1, -0.05) is 6.07 Å². The number of fused-ring (bicyclic) bond motifs is 1. The minimum absolute atomic E-state index is 0.0311. The summed E-state index contributed by atoms with van der Waals surface area (Å²) < 4.78 is 5.94. The molecule has 2 aromatic rings. The van der Waals surface area contributed by atoms with E-state index < -0.39 is 0 Å². The first kappa shape index (κ1) is 17.0. The Balaban J connectivity index is 1.60. The fourth-order valence-electron chi connectivity index (χ4n) is 3.63. The Morgan fingerprint density at radius 1 is 1.23 bits per heavy atom. The molecule has 2 amide bonds. The number of nitrogens with zero attached hydrogens (tertiary/aromatic N) is 2. The standard InChI is InChI=1S/C19H21N3O3S/c1-12-16-13(20-21-18(23)15-8-5-11-26-15)6-4-7-14(16)25-17(12)19(24)22-9-2-3-10-22/h5,8,11H,2-4,6-7,9-10H2,1H3,(H,21,23)/b20-13+. The van der Waals surface area contributed by atoms with Crippen LogP contribution in [-0.4, -0.2) is 35.5 Å². The zero-order valence-corrected chi connectivity index (χ0v) is 15.5. The van der Waals surface area contributed by atoms with Crippen LogP contribution in [0.1, 0.15) is 62.8 Å². The molecule has 1 saturated heterocycles. The van der Waals surface area contributed by atoms with Crippen LogP contribution in [0, 0.1) is 6.92 Å². The van der Waals surface area contributed by atoms with E-state index in [1.807, 2.05) is 23.3 Å². The zero-order chi connectivity index (χ0) is 18.1. The van der Waals surface area contributed by atoms with Crippen molar-refractivity contribution >= 4 is 28.9 Å². The number of hydrazone groups is 1. The number of amides is 2. The second-order valence-corrected chi connectivity index (χ2v) is 7.63. The number of aryl methyl sites for hydroxylation is 1. The van der Waals surface area contributed by atoms with Crippen LogP contribution in [-0.2, 0) is 6.42 Å². The van der Waals surface area contributed by atoms with Crippen LogP contribution in [0.15, 0.2) is 27.0 Å². The average molecular weight is 371 g/mol. The van der Waals surface area contributed by atoms with E-state index in [0.29, 0.717) is 10.6 Å². The predicted octanol–water partition coefficient (Wildman–Crippen LogP) is 3.36. The summed E-state index contributed by atoms with van der Waals surface area (Å²) in [4.78, 5) is 27.4. The van der Waals surface area contributed by atoms with Gasteiger partial charge in [0.25, 0.3) is 11.8 Å². The number of carbonyl (C=O) groups is 2. The molecule has 136 valence electrons. The number of carbonyl (C=O) groups excluding carboxylic acids is 2. The molecule has 0 saturated carbocycles. The molecule has 0 radical (unpaired) electrons. The fraction of sp³-hybridized carbons (Fsp3) is 0.421. The molecule has 0 bridgehead atoms. The maximum absolute atomic E-state index is 12.7. The van der Waals surface area contributed by atoms with Gasteiger partial charge in [0.05, 0.1) is 10.6 Å². The lowest BCUT2D eigenvalue weighted by Crippen LogP contribution is -2.27. The molecule has 2 aromatic heterocycles. The largest absolute Gasteiger partial charge is 0.455 e. The summed E-state index contributed by atoms with van der Waals surface area (Å²) in [6.07, 6.45) is 4.54. The molecule has 6 nitrogen and oxygen atoms in total. The molecule has 2 aliphatic rings. The molecular weight excluding hydrogens is 350 g/mol. The van der Waals surface area contributed by atoms with Crippen molar-refractivity contribution in [3.8, 4) is 0 Å². The van der Waals surface area contributed by atoms with Crippen molar-refractivity contribution in [1.29, 1.82) is 0 Å². The van der Waals surface area contributed by atoms with Crippen LogP contribution in [0.4, 0.5) is 0 Å². The maximum atomic E-state index is 12.7. The van der Waals surface area contributed by atoms with Gasteiger partial charge < -0.3 is 9.32 Å².